The highest BCUT2D eigenvalue weighted by atomic mass is 32.1. The molecule has 3 aromatic rings. The Labute approximate surface area is 162 Å². The van der Waals surface area contributed by atoms with Gasteiger partial charge in [0.05, 0.1) is 6.20 Å². The molecular weight excluding hydrogens is 360 g/mol. The number of carbonyl (C=O) groups excluding carboxylic acids is 1. The van der Waals surface area contributed by atoms with Crippen molar-refractivity contribution < 1.29 is 14.6 Å². The topological polar surface area (TPSA) is 71.5 Å². The SMILES string of the molecule is Cc1cccc(C)c1OCC(O)CNC(=O)c1cnc(-c2ccccc2)s1. The number of benzene rings is 2. The van der Waals surface area contributed by atoms with Crippen LogP contribution in [0.5, 0.6) is 5.75 Å². The third-order valence-electron chi connectivity index (χ3n) is 4.08. The number of ether oxygens (including phenoxy) is 1. The van der Waals surface area contributed by atoms with Gasteiger partial charge in [0, 0.05) is 12.1 Å². The maximum Gasteiger partial charge on any atom is 0.263 e. The van der Waals surface area contributed by atoms with Gasteiger partial charge >= 0.3 is 0 Å². The average molecular weight is 382 g/mol. The molecule has 27 heavy (non-hydrogen) atoms. The number of aliphatic hydroxyl groups excluding tert-OH is 1. The first-order valence-corrected chi connectivity index (χ1v) is 9.53. The van der Waals surface area contributed by atoms with Gasteiger partial charge in [-0.3, -0.25) is 4.79 Å². The van der Waals surface area contributed by atoms with E-state index in [-0.39, 0.29) is 19.1 Å². The van der Waals surface area contributed by atoms with Gasteiger partial charge in [0.2, 0.25) is 0 Å². The van der Waals surface area contributed by atoms with Crippen LogP contribution < -0.4 is 10.1 Å². The number of nitrogens with one attached hydrogen (secondary N) is 1. The zero-order valence-corrected chi connectivity index (χ0v) is 16.1. The van der Waals surface area contributed by atoms with Gasteiger partial charge in [0.1, 0.15) is 28.3 Å². The van der Waals surface area contributed by atoms with Crippen LogP contribution in [-0.2, 0) is 0 Å². The Morgan fingerprint density at radius 2 is 1.85 bits per heavy atom. The molecule has 6 heteroatoms. The fourth-order valence-corrected chi connectivity index (χ4v) is 3.49. The van der Waals surface area contributed by atoms with Crippen LogP contribution in [0.1, 0.15) is 20.8 Å². The molecule has 0 aliphatic rings. The molecule has 0 spiro atoms. The van der Waals surface area contributed by atoms with E-state index in [0.29, 0.717) is 4.88 Å². The summed E-state index contributed by atoms with van der Waals surface area (Å²) in [6, 6.07) is 15.6. The molecule has 1 aromatic heterocycles. The Morgan fingerprint density at radius 1 is 1.15 bits per heavy atom. The number of thiazole rings is 1. The summed E-state index contributed by atoms with van der Waals surface area (Å²) in [5, 5.41) is 13.6. The van der Waals surface area contributed by atoms with Gasteiger partial charge in [-0.1, -0.05) is 48.5 Å². The first kappa shape index (κ1) is 19.1. The van der Waals surface area contributed by atoms with Crippen LogP contribution in [0.15, 0.2) is 54.7 Å². The highest BCUT2D eigenvalue weighted by molar-refractivity contribution is 7.16. The number of hydrogen-bond donors (Lipinski definition) is 2. The molecule has 2 aromatic carbocycles. The molecular formula is C21H22N2O3S. The van der Waals surface area contributed by atoms with Gasteiger partial charge in [0.25, 0.3) is 5.91 Å². The zero-order chi connectivity index (χ0) is 19.2. The predicted octanol–water partition coefficient (Wildman–Crippen LogP) is 3.60. The van der Waals surface area contributed by atoms with Gasteiger partial charge in [-0.05, 0) is 25.0 Å². The van der Waals surface area contributed by atoms with E-state index in [1.54, 1.807) is 6.20 Å². The Morgan fingerprint density at radius 3 is 2.56 bits per heavy atom. The summed E-state index contributed by atoms with van der Waals surface area (Å²) in [4.78, 5) is 17.1. The summed E-state index contributed by atoms with van der Waals surface area (Å²) in [7, 11) is 0. The minimum absolute atomic E-state index is 0.113. The second kappa shape index (κ2) is 8.79. The van der Waals surface area contributed by atoms with Crippen LogP contribution in [0.4, 0.5) is 0 Å². The fourth-order valence-electron chi connectivity index (χ4n) is 2.66. The molecule has 2 N–H and O–H groups in total. The lowest BCUT2D eigenvalue weighted by Crippen LogP contribution is -2.35. The lowest BCUT2D eigenvalue weighted by atomic mass is 10.1. The van der Waals surface area contributed by atoms with Crippen molar-refractivity contribution in [1.82, 2.24) is 10.3 Å². The van der Waals surface area contributed by atoms with Gasteiger partial charge < -0.3 is 15.2 Å². The molecule has 0 saturated carbocycles. The number of aryl methyl sites for hydroxylation is 2. The average Bonchev–Trinajstić information content (AvgIpc) is 3.17. The summed E-state index contributed by atoms with van der Waals surface area (Å²) in [6.45, 7) is 4.15. The molecule has 1 unspecified atom stereocenters. The Hall–Kier alpha value is -2.70. The largest absolute Gasteiger partial charge is 0.490 e. The van der Waals surface area contributed by atoms with Crippen molar-refractivity contribution in [2.75, 3.05) is 13.2 Å². The molecule has 1 atom stereocenters. The first-order valence-electron chi connectivity index (χ1n) is 8.71. The highest BCUT2D eigenvalue weighted by Crippen LogP contribution is 2.25. The Balaban J connectivity index is 1.51. The Bertz CT molecular complexity index is 889. The van der Waals surface area contributed by atoms with E-state index in [4.69, 9.17) is 4.74 Å². The summed E-state index contributed by atoms with van der Waals surface area (Å²) in [6.07, 6.45) is 0.761. The van der Waals surface area contributed by atoms with Crippen LogP contribution in [0.2, 0.25) is 0 Å². The van der Waals surface area contributed by atoms with Crippen molar-refractivity contribution in [3.63, 3.8) is 0 Å². The standard InChI is InChI=1S/C21H22N2O3S/c1-14-7-6-8-15(2)19(14)26-13-17(24)11-22-20(25)18-12-23-21(27-18)16-9-4-3-5-10-16/h3-10,12,17,24H,11,13H2,1-2H3,(H,22,25). The fraction of sp³-hybridized carbons (Fsp3) is 0.238. The van der Waals surface area contributed by atoms with Gasteiger partial charge in [0.15, 0.2) is 0 Å². The van der Waals surface area contributed by atoms with E-state index in [9.17, 15) is 9.90 Å². The van der Waals surface area contributed by atoms with Crippen molar-refractivity contribution in [3.05, 3.63) is 70.7 Å². The molecule has 0 bridgehead atoms. The number of nitrogens with zero attached hydrogens (tertiary/aromatic N) is 1. The quantitative estimate of drug-likeness (QED) is 0.655. The van der Waals surface area contributed by atoms with E-state index in [2.05, 4.69) is 10.3 Å². The van der Waals surface area contributed by atoms with Crippen molar-refractivity contribution in [2.24, 2.45) is 0 Å². The Kier molecular flexibility index (Phi) is 6.21. The molecule has 3 rings (SSSR count). The highest BCUT2D eigenvalue weighted by Gasteiger charge is 2.14. The minimum atomic E-state index is -0.797. The molecule has 0 aliphatic heterocycles. The van der Waals surface area contributed by atoms with Crippen molar-refractivity contribution >= 4 is 17.2 Å². The monoisotopic (exact) mass is 382 g/mol. The summed E-state index contributed by atoms with van der Waals surface area (Å²) < 4.78 is 5.72. The van der Waals surface area contributed by atoms with E-state index >= 15 is 0 Å². The molecule has 1 amide bonds. The third-order valence-corrected chi connectivity index (χ3v) is 5.12. The molecule has 5 nitrogen and oxygen atoms in total. The molecule has 0 aliphatic carbocycles. The van der Waals surface area contributed by atoms with Crippen molar-refractivity contribution in [3.8, 4) is 16.3 Å². The number of amides is 1. The maximum absolute atomic E-state index is 12.3. The van der Waals surface area contributed by atoms with Crippen LogP contribution in [0.3, 0.4) is 0 Å². The maximum atomic E-state index is 12.3. The number of aromatic nitrogens is 1. The van der Waals surface area contributed by atoms with Crippen LogP contribution in [0, 0.1) is 13.8 Å². The van der Waals surface area contributed by atoms with Crippen LogP contribution in [0.25, 0.3) is 10.6 Å². The van der Waals surface area contributed by atoms with Crippen molar-refractivity contribution in [1.29, 1.82) is 0 Å². The number of aliphatic hydroxyl groups is 1. The van der Waals surface area contributed by atoms with Crippen molar-refractivity contribution in [2.45, 2.75) is 20.0 Å². The molecule has 0 fully saturated rings. The second-order valence-corrected chi connectivity index (χ2v) is 7.32. The van der Waals surface area contributed by atoms with Crippen LogP contribution in [-0.4, -0.2) is 35.3 Å². The van der Waals surface area contributed by atoms with Crippen LogP contribution >= 0.6 is 11.3 Å². The van der Waals surface area contributed by atoms with E-state index in [1.807, 2.05) is 62.4 Å². The van der Waals surface area contributed by atoms with E-state index < -0.39 is 6.10 Å². The number of carbonyl (C=O) groups is 1. The number of para-hydroxylation sites is 1. The third kappa shape index (κ3) is 4.93. The lowest BCUT2D eigenvalue weighted by molar-refractivity contribution is 0.0844. The molecule has 1 heterocycles. The predicted molar refractivity (Wildman–Crippen MR) is 107 cm³/mol. The van der Waals surface area contributed by atoms with Gasteiger partial charge in [-0.25, -0.2) is 4.98 Å². The summed E-state index contributed by atoms with van der Waals surface area (Å²) in [5.41, 5.74) is 3.01. The summed E-state index contributed by atoms with van der Waals surface area (Å²) >= 11 is 1.32. The minimum Gasteiger partial charge on any atom is -0.490 e. The second-order valence-electron chi connectivity index (χ2n) is 6.29. The lowest BCUT2D eigenvalue weighted by Gasteiger charge is -2.16. The summed E-state index contributed by atoms with van der Waals surface area (Å²) in [5.74, 6) is 0.527. The zero-order valence-electron chi connectivity index (χ0n) is 15.3. The normalized spacial score (nSPS) is 11.8. The smallest absolute Gasteiger partial charge is 0.263 e. The number of hydrogen-bond acceptors (Lipinski definition) is 5. The van der Waals surface area contributed by atoms with E-state index in [0.717, 1.165) is 27.4 Å². The van der Waals surface area contributed by atoms with E-state index in [1.165, 1.54) is 11.3 Å². The van der Waals surface area contributed by atoms with Gasteiger partial charge in [-0.15, -0.1) is 11.3 Å². The first-order chi connectivity index (χ1) is 13.0. The molecule has 0 radical (unpaired) electrons. The molecule has 140 valence electrons. The number of rotatable bonds is 7. The van der Waals surface area contributed by atoms with Gasteiger partial charge in [-0.2, -0.15) is 0 Å². The molecule has 0 saturated heterocycles.